The summed E-state index contributed by atoms with van der Waals surface area (Å²) in [4.78, 5) is 61.2. The van der Waals surface area contributed by atoms with Crippen LogP contribution in [0.4, 0.5) is 0 Å². The minimum absolute atomic E-state index is 0.0100. The number of sulfonamides is 1. The first-order chi connectivity index (χ1) is 23.6. The molecule has 3 aliphatic carbocycles. The molecule has 1 aromatic heterocycles. The molecule has 0 spiro atoms. The number of carbonyl (C=O) groups is 4. The Morgan fingerprint density at radius 2 is 1.86 bits per heavy atom. The summed E-state index contributed by atoms with van der Waals surface area (Å²) in [5.74, 6) is -2.17. The molecule has 2 heterocycles. The van der Waals surface area contributed by atoms with E-state index in [-0.39, 0.29) is 31.2 Å². The van der Waals surface area contributed by atoms with Crippen molar-refractivity contribution in [1.29, 1.82) is 0 Å². The number of hydrogen-bond donors (Lipinski definition) is 3. The number of nitrogens with one attached hydrogen (secondary N) is 3. The van der Waals surface area contributed by atoms with Crippen LogP contribution >= 0.6 is 0 Å². The van der Waals surface area contributed by atoms with Crippen molar-refractivity contribution in [1.82, 2.24) is 25.2 Å². The molecule has 268 valence electrons. The van der Waals surface area contributed by atoms with E-state index >= 15 is 0 Å². The van der Waals surface area contributed by atoms with Gasteiger partial charge >= 0.3 is 0 Å². The van der Waals surface area contributed by atoms with Crippen molar-refractivity contribution in [3.8, 4) is 11.6 Å². The molecule has 4 amide bonds. The molecule has 1 aromatic carbocycles. The van der Waals surface area contributed by atoms with E-state index < -0.39 is 68.1 Å². The van der Waals surface area contributed by atoms with Gasteiger partial charge in [0.15, 0.2) is 0 Å². The Bertz CT molecular complexity index is 1870. The number of carbonyl (C=O) groups excluding carboxylic acids is 4. The maximum atomic E-state index is 14.5. The lowest BCUT2D eigenvalue weighted by Crippen LogP contribution is -2.60. The van der Waals surface area contributed by atoms with Crippen molar-refractivity contribution in [3.05, 3.63) is 55.3 Å². The fourth-order valence-electron chi connectivity index (χ4n) is 6.77. The van der Waals surface area contributed by atoms with Gasteiger partial charge in [0, 0.05) is 23.9 Å². The van der Waals surface area contributed by atoms with E-state index in [1.165, 1.54) is 11.0 Å². The number of amides is 4. The normalized spacial score (nSPS) is 26.7. The Labute approximate surface area is 292 Å². The van der Waals surface area contributed by atoms with Crippen molar-refractivity contribution in [3.63, 3.8) is 0 Å². The lowest BCUT2D eigenvalue weighted by Gasteiger charge is -2.37. The summed E-state index contributed by atoms with van der Waals surface area (Å²) in [6.45, 7) is 13.2. The predicted octanol–water partition coefficient (Wildman–Crippen LogP) is 2.76. The minimum Gasteiger partial charge on any atom is -0.497 e. The molecule has 4 fully saturated rings. The van der Waals surface area contributed by atoms with Gasteiger partial charge in [-0.2, -0.15) is 0 Å². The van der Waals surface area contributed by atoms with Crippen LogP contribution in [0.1, 0.15) is 59.3 Å². The number of nitrogens with zero attached hydrogens (tertiary/aromatic N) is 2. The van der Waals surface area contributed by atoms with Crippen LogP contribution in [0.25, 0.3) is 10.8 Å². The highest BCUT2D eigenvalue weighted by Gasteiger charge is 2.62. The van der Waals surface area contributed by atoms with Crippen molar-refractivity contribution in [2.24, 2.45) is 17.3 Å². The number of aromatic nitrogens is 1. The van der Waals surface area contributed by atoms with E-state index in [0.29, 0.717) is 36.3 Å². The lowest BCUT2D eigenvalue weighted by atomic mass is 9.78. The molecule has 1 aliphatic heterocycles. The van der Waals surface area contributed by atoms with Crippen LogP contribution in [0.3, 0.4) is 0 Å². The molecule has 0 bridgehead atoms. The second-order valence-electron chi connectivity index (χ2n) is 14.9. The summed E-state index contributed by atoms with van der Waals surface area (Å²) in [6.07, 6.45) is 4.95. The highest BCUT2D eigenvalue weighted by molar-refractivity contribution is 7.91. The van der Waals surface area contributed by atoms with Gasteiger partial charge in [-0.25, -0.2) is 13.4 Å². The van der Waals surface area contributed by atoms with E-state index in [2.05, 4.69) is 33.5 Å². The number of methoxy groups -OCH3 is 1. The van der Waals surface area contributed by atoms with Crippen LogP contribution in [0.2, 0.25) is 0 Å². The van der Waals surface area contributed by atoms with E-state index in [1.807, 2.05) is 39.0 Å². The molecule has 0 radical (unpaired) electrons. The molecule has 3 saturated carbocycles. The first-order valence-electron chi connectivity index (χ1n) is 17.0. The Hall–Kier alpha value is -4.46. The van der Waals surface area contributed by atoms with E-state index in [9.17, 15) is 27.6 Å². The summed E-state index contributed by atoms with van der Waals surface area (Å²) in [5.41, 5.74) is -1.47. The van der Waals surface area contributed by atoms with Gasteiger partial charge in [-0.05, 0) is 67.2 Å². The van der Waals surface area contributed by atoms with Gasteiger partial charge in [0.05, 0.1) is 24.8 Å². The molecule has 1 saturated heterocycles. The van der Waals surface area contributed by atoms with Crippen LogP contribution in [-0.4, -0.2) is 84.6 Å². The number of benzene rings is 1. The van der Waals surface area contributed by atoms with Crippen LogP contribution in [0, 0.1) is 17.3 Å². The smallest absolute Gasteiger partial charge is 0.259 e. The molecule has 50 heavy (non-hydrogen) atoms. The third kappa shape index (κ3) is 6.81. The van der Waals surface area contributed by atoms with Crippen molar-refractivity contribution < 1.29 is 37.1 Å². The summed E-state index contributed by atoms with van der Waals surface area (Å²) in [5, 5.41) is 6.62. The fraction of sp³-hybridized carbons (Fsp3) is 0.528. The summed E-state index contributed by atoms with van der Waals surface area (Å²) in [7, 11) is -2.31. The summed E-state index contributed by atoms with van der Waals surface area (Å²) < 4.78 is 39.2. The van der Waals surface area contributed by atoms with Crippen LogP contribution in [0.15, 0.2) is 55.3 Å². The second-order valence-corrected chi connectivity index (χ2v) is 16.9. The van der Waals surface area contributed by atoms with Gasteiger partial charge in [-0.3, -0.25) is 23.9 Å². The van der Waals surface area contributed by atoms with Gasteiger partial charge in [0.25, 0.3) is 5.91 Å². The van der Waals surface area contributed by atoms with Crippen molar-refractivity contribution >= 4 is 44.4 Å². The first-order valence-corrected chi connectivity index (χ1v) is 18.5. The summed E-state index contributed by atoms with van der Waals surface area (Å²) >= 11 is 0. The lowest BCUT2D eigenvalue weighted by molar-refractivity contribution is -0.145. The number of ether oxygens (including phenoxy) is 2. The van der Waals surface area contributed by atoms with Crippen LogP contribution in [0.5, 0.6) is 11.6 Å². The maximum absolute atomic E-state index is 14.5. The number of likely N-dealkylation sites (tertiary alicyclic amines) is 1. The zero-order valence-electron chi connectivity index (χ0n) is 28.9. The predicted molar refractivity (Wildman–Crippen MR) is 185 cm³/mol. The van der Waals surface area contributed by atoms with Crippen LogP contribution in [-0.2, 0) is 29.2 Å². The minimum atomic E-state index is -3.88. The zero-order chi connectivity index (χ0) is 36.2. The number of rotatable bonds is 12. The SMILES string of the molecule is C=C[C@@H]1C[C@]1(NC(=O)[C@@H]1C[C@@H](Oc2nccc3cc(OC)ccc23)CN1C(=O)[C@@H](NC(=O)C1CCC1=C)C(C)(C)C)C(=O)NS(=O)(=O)C1CC1. The molecular formula is C36H45N5O8S. The molecule has 4 aliphatic rings. The van der Waals surface area contributed by atoms with E-state index in [4.69, 9.17) is 9.47 Å². The zero-order valence-corrected chi connectivity index (χ0v) is 29.7. The first kappa shape index (κ1) is 35.4. The molecule has 13 nitrogen and oxygen atoms in total. The molecule has 1 unspecified atom stereocenters. The monoisotopic (exact) mass is 707 g/mol. The topological polar surface area (TPSA) is 173 Å². The van der Waals surface area contributed by atoms with Crippen LogP contribution < -0.4 is 24.8 Å². The molecular weight excluding hydrogens is 662 g/mol. The highest BCUT2D eigenvalue weighted by Crippen LogP contribution is 2.45. The molecule has 6 atom stereocenters. The van der Waals surface area contributed by atoms with Gasteiger partial charge in [0.2, 0.25) is 33.6 Å². The molecule has 3 N–H and O–H groups in total. The Balaban J connectivity index is 1.28. The van der Waals surface area contributed by atoms with E-state index in [0.717, 1.165) is 17.4 Å². The molecule has 14 heteroatoms. The number of hydrogen-bond acceptors (Lipinski definition) is 9. The molecule has 6 rings (SSSR count). The van der Waals surface area contributed by atoms with Crippen molar-refractivity contribution in [2.75, 3.05) is 13.7 Å². The number of fused-ring (bicyclic) bond motifs is 1. The quantitative estimate of drug-likeness (QED) is 0.281. The van der Waals surface area contributed by atoms with E-state index in [1.54, 1.807) is 19.4 Å². The van der Waals surface area contributed by atoms with Gasteiger partial charge in [-0.15, -0.1) is 6.58 Å². The van der Waals surface area contributed by atoms with Gasteiger partial charge < -0.3 is 25.0 Å². The summed E-state index contributed by atoms with van der Waals surface area (Å²) in [6, 6.07) is 5.15. The average molecular weight is 708 g/mol. The largest absolute Gasteiger partial charge is 0.497 e. The molecule has 2 aromatic rings. The second kappa shape index (κ2) is 13.0. The Morgan fingerprint density at radius 1 is 1.12 bits per heavy atom. The third-order valence-corrected chi connectivity index (χ3v) is 12.1. The van der Waals surface area contributed by atoms with Crippen molar-refractivity contribution in [2.45, 2.75) is 88.3 Å². The Morgan fingerprint density at radius 3 is 2.44 bits per heavy atom. The van der Waals surface area contributed by atoms with Gasteiger partial charge in [0.1, 0.15) is 29.5 Å². The Kier molecular flexibility index (Phi) is 9.21. The standard InChI is InChI=1S/C36H45N5O8S/c1-7-22-18-36(22,34(45)40-50(46,47)25-10-11-25)39-31(43)28-17-24(49-32-27-13-9-23(48-6)16-21(27)14-15-37-32)19-41(28)33(44)29(35(3,4)5)38-30(42)26-12-8-20(26)2/h7,9,13-16,22,24-26,28-29H,1-2,8,10-12,17-19H2,3-6H3,(H,38,42)(H,39,43)(H,40,45)/t22-,24-,26?,28+,29-,36-/m1/s1. The third-order valence-electron chi connectivity index (χ3n) is 10.3. The highest BCUT2D eigenvalue weighted by atomic mass is 32.2. The number of pyridine rings is 1. The van der Waals surface area contributed by atoms with Gasteiger partial charge in [-0.1, -0.05) is 39.0 Å². The average Bonchev–Trinajstić information content (AvgIpc) is 3.98. The fourth-order valence-corrected chi connectivity index (χ4v) is 8.13. The maximum Gasteiger partial charge on any atom is 0.259 e.